The van der Waals surface area contributed by atoms with Crippen LogP contribution in [-0.4, -0.2) is 71.6 Å². The Hall–Kier alpha value is -1.53. The van der Waals surface area contributed by atoms with E-state index in [-0.39, 0.29) is 11.8 Å². The van der Waals surface area contributed by atoms with E-state index < -0.39 is 0 Å². The molecule has 0 saturated carbocycles. The van der Waals surface area contributed by atoms with Crippen LogP contribution in [0.1, 0.15) is 30.7 Å². The smallest absolute Gasteiger partial charge is 0.236 e. The summed E-state index contributed by atoms with van der Waals surface area (Å²) in [6, 6.07) is 0. The van der Waals surface area contributed by atoms with E-state index >= 15 is 0 Å². The fourth-order valence-electron chi connectivity index (χ4n) is 3.46. The Labute approximate surface area is 144 Å². The molecule has 0 N–H and O–H groups in total. The number of piperidine rings is 1. The van der Waals surface area contributed by atoms with Gasteiger partial charge in [-0.2, -0.15) is 0 Å². The Kier molecular flexibility index (Phi) is 6.15. The van der Waals surface area contributed by atoms with E-state index in [1.807, 2.05) is 18.0 Å². The number of hydrogen-bond donors (Lipinski definition) is 0. The molecule has 132 valence electrons. The number of carbonyl (C=O) groups is 1. The largest absolute Gasteiger partial charge is 0.379 e. The first-order valence-electron chi connectivity index (χ1n) is 9.06. The second kappa shape index (κ2) is 8.53. The lowest BCUT2D eigenvalue weighted by Crippen LogP contribution is -2.44. The number of amides is 1. The summed E-state index contributed by atoms with van der Waals surface area (Å²) < 4.78 is 5.72. The molecule has 6 heteroatoms. The van der Waals surface area contributed by atoms with Crippen LogP contribution in [0.4, 0.5) is 0 Å². The topological polar surface area (TPSA) is 58.6 Å². The number of nitrogens with zero attached hydrogens (tertiary/aromatic N) is 4. The molecule has 24 heavy (non-hydrogen) atoms. The van der Waals surface area contributed by atoms with E-state index in [1.54, 1.807) is 6.20 Å². The first-order chi connectivity index (χ1) is 11.7. The number of rotatable bonds is 4. The normalized spacial score (nSPS) is 23.0. The number of carbonyl (C=O) groups excluding carboxylic acids is 1. The zero-order valence-electron chi connectivity index (χ0n) is 14.6. The van der Waals surface area contributed by atoms with Crippen LogP contribution in [0, 0.1) is 12.8 Å². The molecule has 3 heterocycles. The standard InChI is InChI=1S/C18H28N4O2/c1-15-10-20-17(11-19-15)9-16-12-22(7-8-24-14-16)18(23)13-21-5-3-2-4-6-21/h10-11,16H,2-9,12-14H2,1H3/t16-/m0/s1. The number of aryl methyl sites for hydroxylation is 1. The molecule has 2 saturated heterocycles. The van der Waals surface area contributed by atoms with Crippen LogP contribution in [-0.2, 0) is 16.0 Å². The maximum absolute atomic E-state index is 12.7. The summed E-state index contributed by atoms with van der Waals surface area (Å²) in [5.41, 5.74) is 1.90. The van der Waals surface area contributed by atoms with E-state index in [9.17, 15) is 4.79 Å². The molecular formula is C18H28N4O2. The lowest BCUT2D eigenvalue weighted by atomic mass is 10.0. The average Bonchev–Trinajstić information content (AvgIpc) is 2.83. The Morgan fingerprint density at radius 3 is 2.79 bits per heavy atom. The molecule has 6 nitrogen and oxygen atoms in total. The van der Waals surface area contributed by atoms with Gasteiger partial charge in [0.05, 0.1) is 31.1 Å². The van der Waals surface area contributed by atoms with Crippen molar-refractivity contribution in [2.45, 2.75) is 32.6 Å². The third kappa shape index (κ3) is 4.98. The van der Waals surface area contributed by atoms with Crippen molar-refractivity contribution in [3.63, 3.8) is 0 Å². The monoisotopic (exact) mass is 332 g/mol. The van der Waals surface area contributed by atoms with Gasteiger partial charge in [0.25, 0.3) is 0 Å². The quantitative estimate of drug-likeness (QED) is 0.831. The van der Waals surface area contributed by atoms with Crippen LogP contribution in [0.5, 0.6) is 0 Å². The van der Waals surface area contributed by atoms with E-state index in [4.69, 9.17) is 4.74 Å². The second-order valence-corrected chi connectivity index (χ2v) is 6.97. The van der Waals surface area contributed by atoms with E-state index in [2.05, 4.69) is 14.9 Å². The van der Waals surface area contributed by atoms with Crippen molar-refractivity contribution in [1.82, 2.24) is 19.8 Å². The maximum Gasteiger partial charge on any atom is 0.236 e. The van der Waals surface area contributed by atoms with Crippen molar-refractivity contribution in [2.24, 2.45) is 5.92 Å². The highest BCUT2D eigenvalue weighted by molar-refractivity contribution is 5.78. The Morgan fingerprint density at radius 1 is 1.21 bits per heavy atom. The van der Waals surface area contributed by atoms with Gasteiger partial charge in [-0.25, -0.2) is 0 Å². The summed E-state index contributed by atoms with van der Waals surface area (Å²) in [6.07, 6.45) is 8.16. The molecule has 0 bridgehead atoms. The summed E-state index contributed by atoms with van der Waals surface area (Å²) in [4.78, 5) is 25.7. The molecule has 0 spiro atoms. The fourth-order valence-corrected chi connectivity index (χ4v) is 3.46. The van der Waals surface area contributed by atoms with Crippen molar-refractivity contribution in [3.05, 3.63) is 23.8 Å². The van der Waals surface area contributed by atoms with Crippen molar-refractivity contribution >= 4 is 5.91 Å². The molecular weight excluding hydrogens is 304 g/mol. The number of aromatic nitrogens is 2. The van der Waals surface area contributed by atoms with Crippen molar-refractivity contribution in [2.75, 3.05) is 45.9 Å². The zero-order chi connectivity index (χ0) is 16.8. The predicted molar refractivity (Wildman–Crippen MR) is 91.7 cm³/mol. The van der Waals surface area contributed by atoms with Crippen LogP contribution < -0.4 is 0 Å². The van der Waals surface area contributed by atoms with Gasteiger partial charge >= 0.3 is 0 Å². The summed E-state index contributed by atoms with van der Waals surface area (Å²) in [7, 11) is 0. The predicted octanol–water partition coefficient (Wildman–Crippen LogP) is 1.29. The van der Waals surface area contributed by atoms with Crippen LogP contribution in [0.15, 0.2) is 12.4 Å². The van der Waals surface area contributed by atoms with Crippen LogP contribution in [0.2, 0.25) is 0 Å². The molecule has 0 aromatic carbocycles. The molecule has 1 aromatic rings. The molecule has 0 unspecified atom stereocenters. The van der Waals surface area contributed by atoms with Gasteiger partial charge in [-0.15, -0.1) is 0 Å². The summed E-state index contributed by atoms with van der Waals surface area (Å²) >= 11 is 0. The first kappa shape index (κ1) is 17.3. The highest BCUT2D eigenvalue weighted by Gasteiger charge is 2.24. The van der Waals surface area contributed by atoms with E-state index in [0.717, 1.165) is 37.4 Å². The van der Waals surface area contributed by atoms with E-state index in [0.29, 0.717) is 26.3 Å². The third-order valence-electron chi connectivity index (χ3n) is 4.83. The lowest BCUT2D eigenvalue weighted by molar-refractivity contribution is -0.133. The van der Waals surface area contributed by atoms with Gasteiger partial charge < -0.3 is 9.64 Å². The molecule has 1 atom stereocenters. The van der Waals surface area contributed by atoms with E-state index in [1.165, 1.54) is 19.3 Å². The average molecular weight is 332 g/mol. The minimum Gasteiger partial charge on any atom is -0.379 e. The first-order valence-corrected chi connectivity index (χ1v) is 9.06. The molecule has 2 fully saturated rings. The third-order valence-corrected chi connectivity index (χ3v) is 4.83. The van der Waals surface area contributed by atoms with Gasteiger partial charge in [-0.3, -0.25) is 19.7 Å². The summed E-state index contributed by atoms with van der Waals surface area (Å²) in [5.74, 6) is 0.525. The van der Waals surface area contributed by atoms with Crippen LogP contribution in [0.3, 0.4) is 0 Å². The summed E-state index contributed by atoms with van der Waals surface area (Å²) in [5, 5.41) is 0. The number of ether oxygens (including phenoxy) is 1. The lowest BCUT2D eigenvalue weighted by Gasteiger charge is -2.29. The van der Waals surface area contributed by atoms with Crippen molar-refractivity contribution < 1.29 is 9.53 Å². The molecule has 3 rings (SSSR count). The molecule has 1 aromatic heterocycles. The Morgan fingerprint density at radius 2 is 2.04 bits per heavy atom. The highest BCUT2D eigenvalue weighted by atomic mass is 16.5. The maximum atomic E-state index is 12.7. The molecule has 2 aliphatic heterocycles. The molecule has 2 aliphatic rings. The molecule has 0 radical (unpaired) electrons. The van der Waals surface area contributed by atoms with Gasteiger partial charge in [-0.05, 0) is 39.3 Å². The zero-order valence-corrected chi connectivity index (χ0v) is 14.6. The van der Waals surface area contributed by atoms with Crippen molar-refractivity contribution in [3.8, 4) is 0 Å². The Balaban J connectivity index is 1.55. The number of likely N-dealkylation sites (tertiary alicyclic amines) is 1. The van der Waals surface area contributed by atoms with Gasteiger partial charge in [0.2, 0.25) is 5.91 Å². The fraction of sp³-hybridized carbons (Fsp3) is 0.722. The van der Waals surface area contributed by atoms with Crippen LogP contribution >= 0.6 is 0 Å². The minimum absolute atomic E-state index is 0.238. The Bertz CT molecular complexity index is 528. The molecule has 0 aliphatic carbocycles. The van der Waals surface area contributed by atoms with Gasteiger partial charge in [0, 0.05) is 31.4 Å². The van der Waals surface area contributed by atoms with Crippen molar-refractivity contribution in [1.29, 1.82) is 0 Å². The van der Waals surface area contributed by atoms with Gasteiger partial charge in [-0.1, -0.05) is 6.42 Å². The SMILES string of the molecule is Cc1cnc(C[C@@H]2COCCN(C(=O)CN3CCCCC3)C2)cn1. The minimum atomic E-state index is 0.238. The van der Waals surface area contributed by atoms with Gasteiger partial charge in [0.1, 0.15) is 0 Å². The highest BCUT2D eigenvalue weighted by Crippen LogP contribution is 2.14. The summed E-state index contributed by atoms with van der Waals surface area (Å²) in [6.45, 7) is 7.36. The molecule has 1 amide bonds. The number of hydrogen-bond acceptors (Lipinski definition) is 5. The second-order valence-electron chi connectivity index (χ2n) is 6.97. The van der Waals surface area contributed by atoms with Crippen LogP contribution in [0.25, 0.3) is 0 Å². The van der Waals surface area contributed by atoms with Gasteiger partial charge in [0.15, 0.2) is 0 Å².